The lowest BCUT2D eigenvalue weighted by Crippen LogP contribution is -1.93. The van der Waals surface area contributed by atoms with Gasteiger partial charge >= 0.3 is 0 Å². The summed E-state index contributed by atoms with van der Waals surface area (Å²) < 4.78 is 0. The Labute approximate surface area is 139 Å². The standard InChI is InChI=1S/C20H44Si/c1-3-5-7-9-11-12-13-15-17-19-20(21)18-16-14-10-8-6-4-2/h20H,3-19H2,1-2,21H3. The van der Waals surface area contributed by atoms with Crippen LogP contribution in [0.25, 0.3) is 0 Å². The van der Waals surface area contributed by atoms with E-state index in [1.54, 1.807) is 0 Å². The van der Waals surface area contributed by atoms with Crippen molar-refractivity contribution in [1.82, 2.24) is 0 Å². The summed E-state index contributed by atoms with van der Waals surface area (Å²) in [5, 5.41) is 0. The number of hydrogen-bond acceptors (Lipinski definition) is 0. The maximum Gasteiger partial charge on any atom is 0.00672 e. The van der Waals surface area contributed by atoms with Gasteiger partial charge in [-0.25, -0.2) is 0 Å². The summed E-state index contributed by atoms with van der Waals surface area (Å²) in [6.07, 6.45) is 25.1. The van der Waals surface area contributed by atoms with Crippen LogP contribution in [0, 0.1) is 0 Å². The maximum absolute atomic E-state index is 2.30. The molecular weight excluding hydrogens is 268 g/mol. The van der Waals surface area contributed by atoms with Crippen molar-refractivity contribution < 1.29 is 0 Å². The molecule has 0 aromatic heterocycles. The van der Waals surface area contributed by atoms with Crippen molar-refractivity contribution in [2.24, 2.45) is 0 Å². The minimum atomic E-state index is 1.11. The van der Waals surface area contributed by atoms with E-state index in [4.69, 9.17) is 0 Å². The zero-order valence-corrected chi connectivity index (χ0v) is 17.6. The summed E-state index contributed by atoms with van der Waals surface area (Å²) in [6.45, 7) is 4.61. The van der Waals surface area contributed by atoms with Crippen molar-refractivity contribution in [3.63, 3.8) is 0 Å². The molecule has 0 aromatic carbocycles. The van der Waals surface area contributed by atoms with Crippen LogP contribution in [-0.2, 0) is 0 Å². The Hall–Kier alpha value is 0.217. The van der Waals surface area contributed by atoms with Crippen molar-refractivity contribution >= 4 is 10.2 Å². The second-order valence-corrected chi connectivity index (χ2v) is 8.91. The minimum Gasteiger partial charge on any atom is -0.0654 e. The lowest BCUT2D eigenvalue weighted by atomic mass is 10.0. The first kappa shape index (κ1) is 21.2. The van der Waals surface area contributed by atoms with E-state index in [1.807, 2.05) is 0 Å². The van der Waals surface area contributed by atoms with Crippen molar-refractivity contribution in [1.29, 1.82) is 0 Å². The maximum atomic E-state index is 2.30. The molecule has 0 N–H and O–H groups in total. The molecule has 0 aliphatic carbocycles. The van der Waals surface area contributed by atoms with Crippen LogP contribution < -0.4 is 0 Å². The van der Waals surface area contributed by atoms with Crippen LogP contribution in [0.15, 0.2) is 0 Å². The van der Waals surface area contributed by atoms with E-state index in [2.05, 4.69) is 13.8 Å². The highest BCUT2D eigenvalue weighted by atomic mass is 28.1. The zero-order chi connectivity index (χ0) is 15.6. The topological polar surface area (TPSA) is 0 Å². The van der Waals surface area contributed by atoms with Crippen LogP contribution in [0.3, 0.4) is 0 Å². The first-order valence-corrected chi connectivity index (χ1v) is 11.5. The molecule has 0 saturated heterocycles. The summed E-state index contributed by atoms with van der Waals surface area (Å²) in [6, 6.07) is 0. The fourth-order valence-electron chi connectivity index (χ4n) is 3.22. The smallest absolute Gasteiger partial charge is 0.00672 e. The van der Waals surface area contributed by atoms with E-state index in [1.165, 1.54) is 119 Å². The molecular formula is C20H44Si. The lowest BCUT2D eigenvalue weighted by Gasteiger charge is -2.11. The van der Waals surface area contributed by atoms with Crippen LogP contribution in [0.4, 0.5) is 0 Å². The molecule has 0 saturated carbocycles. The molecule has 0 fully saturated rings. The third-order valence-electron chi connectivity index (χ3n) is 4.85. The van der Waals surface area contributed by atoms with Gasteiger partial charge in [0.25, 0.3) is 0 Å². The third kappa shape index (κ3) is 18.2. The molecule has 0 aromatic rings. The normalized spacial score (nSPS) is 12.9. The highest BCUT2D eigenvalue weighted by Crippen LogP contribution is 2.20. The fourth-order valence-corrected chi connectivity index (χ4v) is 4.04. The van der Waals surface area contributed by atoms with Gasteiger partial charge in [-0.3, -0.25) is 0 Å². The van der Waals surface area contributed by atoms with Crippen molar-refractivity contribution in [3.8, 4) is 0 Å². The fraction of sp³-hybridized carbons (Fsp3) is 1.00. The molecule has 128 valence electrons. The summed E-state index contributed by atoms with van der Waals surface area (Å²) in [7, 11) is 1.43. The first-order chi connectivity index (χ1) is 10.3. The minimum absolute atomic E-state index is 1.11. The Kier molecular flexibility index (Phi) is 18.5. The molecule has 0 spiro atoms. The lowest BCUT2D eigenvalue weighted by molar-refractivity contribution is 0.526. The molecule has 1 atom stereocenters. The van der Waals surface area contributed by atoms with E-state index < -0.39 is 0 Å². The Bertz CT molecular complexity index is 179. The van der Waals surface area contributed by atoms with Gasteiger partial charge in [-0.15, -0.1) is 0 Å². The van der Waals surface area contributed by atoms with Gasteiger partial charge < -0.3 is 0 Å². The highest BCUT2D eigenvalue weighted by molar-refractivity contribution is 6.11. The summed E-state index contributed by atoms with van der Waals surface area (Å²) in [4.78, 5) is 0. The second-order valence-electron chi connectivity index (χ2n) is 7.28. The number of hydrogen-bond donors (Lipinski definition) is 0. The molecule has 0 aliphatic heterocycles. The van der Waals surface area contributed by atoms with E-state index in [9.17, 15) is 0 Å². The average Bonchev–Trinajstić information content (AvgIpc) is 2.49. The highest BCUT2D eigenvalue weighted by Gasteiger charge is 2.02. The van der Waals surface area contributed by atoms with Gasteiger partial charge in [0.05, 0.1) is 0 Å². The second kappa shape index (κ2) is 18.3. The largest absolute Gasteiger partial charge is 0.0654 e. The van der Waals surface area contributed by atoms with Crippen molar-refractivity contribution in [2.75, 3.05) is 0 Å². The Morgan fingerprint density at radius 3 is 1.10 bits per heavy atom. The zero-order valence-electron chi connectivity index (χ0n) is 15.6. The summed E-state index contributed by atoms with van der Waals surface area (Å²) in [5.74, 6) is 0. The third-order valence-corrected chi connectivity index (χ3v) is 6.01. The predicted octanol–water partition coefficient (Wildman–Crippen LogP) is 6.81. The number of rotatable bonds is 17. The quantitative estimate of drug-likeness (QED) is 0.204. The van der Waals surface area contributed by atoms with Gasteiger partial charge in [0.1, 0.15) is 0 Å². The van der Waals surface area contributed by atoms with Crippen LogP contribution in [0.2, 0.25) is 5.54 Å². The van der Waals surface area contributed by atoms with Gasteiger partial charge in [0, 0.05) is 10.2 Å². The Morgan fingerprint density at radius 2 is 0.762 bits per heavy atom. The van der Waals surface area contributed by atoms with Gasteiger partial charge in [-0.05, 0) is 0 Å². The molecule has 0 aliphatic rings. The summed E-state index contributed by atoms with van der Waals surface area (Å²) in [5.41, 5.74) is 1.11. The van der Waals surface area contributed by atoms with E-state index >= 15 is 0 Å². The molecule has 1 heteroatoms. The Balaban J connectivity index is 3.10. The molecule has 0 nitrogen and oxygen atoms in total. The van der Waals surface area contributed by atoms with Crippen LogP contribution in [0.1, 0.15) is 123 Å². The Morgan fingerprint density at radius 1 is 0.476 bits per heavy atom. The molecule has 0 amide bonds. The molecule has 0 bridgehead atoms. The van der Waals surface area contributed by atoms with E-state index in [0.29, 0.717) is 0 Å². The predicted molar refractivity (Wildman–Crippen MR) is 104 cm³/mol. The first-order valence-electron chi connectivity index (χ1n) is 10.3. The molecule has 1 unspecified atom stereocenters. The molecule has 0 rings (SSSR count). The van der Waals surface area contributed by atoms with Gasteiger partial charge in [0.15, 0.2) is 0 Å². The van der Waals surface area contributed by atoms with Gasteiger partial charge in [-0.2, -0.15) is 0 Å². The number of unbranched alkanes of at least 4 members (excludes halogenated alkanes) is 13. The van der Waals surface area contributed by atoms with Crippen molar-refractivity contribution in [3.05, 3.63) is 0 Å². The molecule has 21 heavy (non-hydrogen) atoms. The van der Waals surface area contributed by atoms with Crippen LogP contribution in [0.5, 0.6) is 0 Å². The monoisotopic (exact) mass is 312 g/mol. The summed E-state index contributed by atoms with van der Waals surface area (Å²) >= 11 is 0. The van der Waals surface area contributed by atoms with Gasteiger partial charge in [-0.1, -0.05) is 129 Å². The van der Waals surface area contributed by atoms with Crippen LogP contribution in [-0.4, -0.2) is 10.2 Å². The molecule has 0 radical (unpaired) electrons. The SMILES string of the molecule is CCCCCCCCCCCC([SiH3])CCCCCCCC. The average molecular weight is 313 g/mol. The molecule has 0 heterocycles. The van der Waals surface area contributed by atoms with E-state index in [-0.39, 0.29) is 0 Å². The van der Waals surface area contributed by atoms with E-state index in [0.717, 1.165) is 5.54 Å². The van der Waals surface area contributed by atoms with Crippen molar-refractivity contribution in [2.45, 2.75) is 129 Å². The van der Waals surface area contributed by atoms with Gasteiger partial charge in [0.2, 0.25) is 0 Å². The van der Waals surface area contributed by atoms with Crippen LogP contribution >= 0.6 is 0 Å².